The normalized spacial score (nSPS) is 10.6. The minimum atomic E-state index is -0.672. The molecule has 1 amide bonds. The van der Waals surface area contributed by atoms with Crippen molar-refractivity contribution in [2.75, 3.05) is 5.32 Å². The number of nitrogens with one attached hydrogen (secondary N) is 1. The van der Waals surface area contributed by atoms with Gasteiger partial charge in [0.15, 0.2) is 5.13 Å². The molecule has 3 aromatic rings. The molecule has 0 spiro atoms. The van der Waals surface area contributed by atoms with Gasteiger partial charge in [-0.1, -0.05) is 23.7 Å². The van der Waals surface area contributed by atoms with Crippen molar-refractivity contribution in [2.45, 2.75) is 0 Å². The highest BCUT2D eigenvalue weighted by Gasteiger charge is 2.14. The molecule has 1 N–H and O–H groups in total. The van der Waals surface area contributed by atoms with E-state index in [1.165, 1.54) is 24.3 Å². The lowest BCUT2D eigenvalue weighted by Gasteiger charge is -2.03. The Labute approximate surface area is 139 Å². The lowest BCUT2D eigenvalue weighted by Crippen LogP contribution is -2.13. The molecule has 0 unspecified atom stereocenters. The number of hydrogen-bond acceptors (Lipinski definition) is 3. The lowest BCUT2D eigenvalue weighted by molar-refractivity contribution is 0.102. The van der Waals surface area contributed by atoms with Crippen LogP contribution in [0.5, 0.6) is 0 Å². The van der Waals surface area contributed by atoms with Crippen molar-refractivity contribution in [3.05, 3.63) is 70.1 Å². The second-order valence-corrected chi connectivity index (χ2v) is 5.92. The Morgan fingerprint density at radius 2 is 2.00 bits per heavy atom. The van der Waals surface area contributed by atoms with Gasteiger partial charge < -0.3 is 0 Å². The summed E-state index contributed by atoms with van der Waals surface area (Å²) in [6.07, 6.45) is 0. The van der Waals surface area contributed by atoms with Gasteiger partial charge in [-0.2, -0.15) is 0 Å². The number of aromatic nitrogens is 1. The number of rotatable bonds is 3. The Balaban J connectivity index is 1.81. The monoisotopic (exact) mass is 350 g/mol. The third kappa shape index (κ3) is 3.55. The van der Waals surface area contributed by atoms with Crippen molar-refractivity contribution in [3.63, 3.8) is 0 Å². The van der Waals surface area contributed by atoms with Crippen molar-refractivity contribution in [2.24, 2.45) is 0 Å². The van der Waals surface area contributed by atoms with Gasteiger partial charge in [0.05, 0.1) is 11.3 Å². The Morgan fingerprint density at radius 1 is 1.17 bits per heavy atom. The van der Waals surface area contributed by atoms with Gasteiger partial charge in [0, 0.05) is 16.0 Å². The van der Waals surface area contributed by atoms with Gasteiger partial charge in [0.25, 0.3) is 5.91 Å². The van der Waals surface area contributed by atoms with Gasteiger partial charge in [-0.3, -0.25) is 10.1 Å². The second-order valence-electron chi connectivity index (χ2n) is 4.63. The van der Waals surface area contributed by atoms with Crippen LogP contribution in [0.2, 0.25) is 5.02 Å². The van der Waals surface area contributed by atoms with E-state index < -0.39 is 11.7 Å². The maximum absolute atomic E-state index is 13.7. The smallest absolute Gasteiger partial charge is 0.260 e. The molecule has 0 fully saturated rings. The van der Waals surface area contributed by atoms with E-state index in [0.717, 1.165) is 17.4 Å². The molecule has 3 rings (SSSR count). The van der Waals surface area contributed by atoms with E-state index in [1.807, 2.05) is 0 Å². The highest BCUT2D eigenvalue weighted by atomic mass is 35.5. The van der Waals surface area contributed by atoms with Crippen molar-refractivity contribution in [3.8, 4) is 11.3 Å². The molecule has 0 bridgehead atoms. The maximum atomic E-state index is 13.7. The molecule has 116 valence electrons. The molecule has 0 saturated heterocycles. The molecule has 0 saturated carbocycles. The molecule has 0 aliphatic heterocycles. The molecular formula is C16H9ClF2N2OS. The number of benzene rings is 2. The summed E-state index contributed by atoms with van der Waals surface area (Å²) in [4.78, 5) is 16.3. The number of amides is 1. The molecule has 23 heavy (non-hydrogen) atoms. The molecular weight excluding hydrogens is 342 g/mol. The first kappa shape index (κ1) is 15.6. The van der Waals surface area contributed by atoms with Gasteiger partial charge in [-0.15, -0.1) is 11.3 Å². The van der Waals surface area contributed by atoms with Crippen LogP contribution in [0.25, 0.3) is 11.3 Å². The number of nitrogens with zero attached hydrogens (tertiary/aromatic N) is 1. The number of carbonyl (C=O) groups excluding carboxylic acids is 1. The zero-order chi connectivity index (χ0) is 16.4. The number of anilines is 1. The van der Waals surface area contributed by atoms with E-state index in [-0.39, 0.29) is 21.5 Å². The molecule has 3 nitrogen and oxygen atoms in total. The van der Waals surface area contributed by atoms with E-state index in [2.05, 4.69) is 10.3 Å². The summed E-state index contributed by atoms with van der Waals surface area (Å²) in [5, 5.41) is 4.73. The third-order valence-electron chi connectivity index (χ3n) is 3.02. The van der Waals surface area contributed by atoms with Gasteiger partial charge in [0.1, 0.15) is 11.6 Å². The van der Waals surface area contributed by atoms with Crippen LogP contribution in [0.4, 0.5) is 13.9 Å². The Hall–Kier alpha value is -2.31. The van der Waals surface area contributed by atoms with Crippen LogP contribution in [0.3, 0.4) is 0 Å². The molecule has 1 heterocycles. The highest BCUT2D eigenvalue weighted by Crippen LogP contribution is 2.26. The molecule has 1 aromatic heterocycles. The van der Waals surface area contributed by atoms with Crippen molar-refractivity contribution < 1.29 is 13.6 Å². The Bertz CT molecular complexity index is 882. The number of thiazole rings is 1. The minimum Gasteiger partial charge on any atom is -0.298 e. The number of hydrogen-bond donors (Lipinski definition) is 1. The maximum Gasteiger partial charge on any atom is 0.260 e. The standard InChI is InChI=1S/C16H9ClF2N2OS/c17-10-4-5-13(19)12(7-10)15(22)21-16-20-14(8-23-16)9-2-1-3-11(18)6-9/h1-8H,(H,20,21,22). The Morgan fingerprint density at radius 3 is 2.78 bits per heavy atom. The van der Waals surface area contributed by atoms with Crippen LogP contribution in [0.15, 0.2) is 47.8 Å². The fourth-order valence-electron chi connectivity index (χ4n) is 1.95. The zero-order valence-electron chi connectivity index (χ0n) is 11.5. The van der Waals surface area contributed by atoms with E-state index in [4.69, 9.17) is 11.6 Å². The highest BCUT2D eigenvalue weighted by molar-refractivity contribution is 7.14. The van der Waals surface area contributed by atoms with Crippen LogP contribution < -0.4 is 5.32 Å². The molecule has 2 aromatic carbocycles. The van der Waals surface area contributed by atoms with Crippen LogP contribution in [0, 0.1) is 11.6 Å². The van der Waals surface area contributed by atoms with E-state index in [9.17, 15) is 13.6 Å². The molecule has 7 heteroatoms. The summed E-state index contributed by atoms with van der Waals surface area (Å²) in [7, 11) is 0. The zero-order valence-corrected chi connectivity index (χ0v) is 13.1. The van der Waals surface area contributed by atoms with E-state index >= 15 is 0 Å². The van der Waals surface area contributed by atoms with Crippen molar-refractivity contribution in [1.29, 1.82) is 0 Å². The average molecular weight is 351 g/mol. The first-order valence-corrected chi connectivity index (χ1v) is 7.76. The van der Waals surface area contributed by atoms with Crippen LogP contribution in [-0.2, 0) is 0 Å². The lowest BCUT2D eigenvalue weighted by atomic mass is 10.2. The summed E-state index contributed by atoms with van der Waals surface area (Å²) in [6, 6.07) is 9.69. The largest absolute Gasteiger partial charge is 0.298 e. The van der Waals surface area contributed by atoms with Gasteiger partial charge in [-0.05, 0) is 30.3 Å². The van der Waals surface area contributed by atoms with Crippen molar-refractivity contribution >= 4 is 34.0 Å². The van der Waals surface area contributed by atoms with Crippen LogP contribution in [-0.4, -0.2) is 10.9 Å². The number of carbonyl (C=O) groups is 1. The summed E-state index contributed by atoms with van der Waals surface area (Å²) in [5.41, 5.74) is 0.951. The van der Waals surface area contributed by atoms with E-state index in [1.54, 1.807) is 17.5 Å². The summed E-state index contributed by atoms with van der Waals surface area (Å²) in [6.45, 7) is 0. The predicted molar refractivity (Wildman–Crippen MR) is 86.9 cm³/mol. The van der Waals surface area contributed by atoms with Gasteiger partial charge in [-0.25, -0.2) is 13.8 Å². The fourth-order valence-corrected chi connectivity index (χ4v) is 2.83. The second kappa shape index (κ2) is 6.44. The predicted octanol–water partition coefficient (Wildman–Crippen LogP) is 4.99. The van der Waals surface area contributed by atoms with Crippen LogP contribution >= 0.6 is 22.9 Å². The van der Waals surface area contributed by atoms with Crippen LogP contribution in [0.1, 0.15) is 10.4 Å². The Kier molecular flexibility index (Phi) is 4.36. The summed E-state index contributed by atoms with van der Waals surface area (Å²) in [5.74, 6) is -1.69. The molecule has 0 atom stereocenters. The number of halogens is 3. The average Bonchev–Trinajstić information content (AvgIpc) is 2.98. The summed E-state index contributed by atoms with van der Waals surface area (Å²) < 4.78 is 26.9. The van der Waals surface area contributed by atoms with Crippen molar-refractivity contribution in [1.82, 2.24) is 4.98 Å². The summed E-state index contributed by atoms with van der Waals surface area (Å²) >= 11 is 6.93. The first-order valence-electron chi connectivity index (χ1n) is 6.51. The topological polar surface area (TPSA) is 42.0 Å². The SMILES string of the molecule is O=C(Nc1nc(-c2cccc(F)c2)cs1)c1cc(Cl)ccc1F. The minimum absolute atomic E-state index is 0.167. The fraction of sp³-hybridized carbons (Fsp3) is 0. The quantitative estimate of drug-likeness (QED) is 0.722. The molecule has 0 radical (unpaired) electrons. The van der Waals surface area contributed by atoms with Gasteiger partial charge >= 0.3 is 0 Å². The molecule has 0 aliphatic carbocycles. The first-order chi connectivity index (χ1) is 11.0. The van der Waals surface area contributed by atoms with E-state index in [0.29, 0.717) is 11.3 Å². The third-order valence-corrected chi connectivity index (χ3v) is 4.01. The van der Waals surface area contributed by atoms with Gasteiger partial charge in [0.2, 0.25) is 0 Å². The molecule has 0 aliphatic rings.